The van der Waals surface area contributed by atoms with Crippen LogP contribution in [0, 0.1) is 0 Å². The molecule has 0 spiro atoms. The molecule has 0 radical (unpaired) electrons. The highest BCUT2D eigenvalue weighted by Crippen LogP contribution is 2.52. The smallest absolute Gasteiger partial charge is 0.143 e. The van der Waals surface area contributed by atoms with E-state index >= 15 is 0 Å². The monoisotopic (exact) mass is 743 g/mol. The summed E-state index contributed by atoms with van der Waals surface area (Å²) in [6.07, 6.45) is 0. The molecular weight excluding hydrogens is 707 g/mol. The van der Waals surface area contributed by atoms with Gasteiger partial charge in [-0.05, 0) is 87.3 Å². The van der Waals surface area contributed by atoms with E-state index in [1.807, 2.05) is 12.1 Å². The zero-order valence-electron chi connectivity index (χ0n) is 32.2. The average molecular weight is 744 g/mol. The highest BCUT2D eigenvalue weighted by atomic mass is 16.3. The molecule has 0 aliphatic heterocycles. The van der Waals surface area contributed by atoms with Crippen LogP contribution >= 0.6 is 0 Å². The van der Waals surface area contributed by atoms with Crippen LogP contribution in [0.25, 0.3) is 88.0 Å². The minimum atomic E-state index is -0.147. The molecule has 9 aromatic carbocycles. The number of rotatable bonds is 5. The lowest BCUT2D eigenvalue weighted by molar-refractivity contribution is 0.660. The Morgan fingerprint density at radius 2 is 1.03 bits per heavy atom. The average Bonchev–Trinajstić information content (AvgIpc) is 3.92. The maximum atomic E-state index is 6.92. The van der Waals surface area contributed by atoms with Crippen molar-refractivity contribution in [2.24, 2.45) is 0 Å². The van der Waals surface area contributed by atoms with Gasteiger partial charge in [0.25, 0.3) is 0 Å². The zero-order valence-corrected chi connectivity index (χ0v) is 32.2. The number of anilines is 3. The molecule has 0 unspecified atom stereocenters. The van der Waals surface area contributed by atoms with Crippen molar-refractivity contribution in [2.45, 2.75) is 19.3 Å². The topological polar surface area (TPSA) is 29.5 Å². The summed E-state index contributed by atoms with van der Waals surface area (Å²) >= 11 is 0. The molecule has 274 valence electrons. The van der Waals surface area contributed by atoms with Crippen molar-refractivity contribution in [1.82, 2.24) is 0 Å². The van der Waals surface area contributed by atoms with Crippen molar-refractivity contribution in [3.63, 3.8) is 0 Å². The summed E-state index contributed by atoms with van der Waals surface area (Å²) in [5, 5.41) is 6.80. The SMILES string of the molecule is CC1(C)c2ccccc2-c2ccc(N(c3ccc(-c4cccc5oc6ccccc6c45)cc3)c3ccccc3-c3cccc4c3oc3c5ccccc5ccc43)cc21. The van der Waals surface area contributed by atoms with Gasteiger partial charge in [-0.25, -0.2) is 0 Å². The zero-order chi connectivity index (χ0) is 38.5. The summed E-state index contributed by atoms with van der Waals surface area (Å²) in [6, 6.07) is 67.7. The Labute approximate surface area is 336 Å². The van der Waals surface area contributed by atoms with Gasteiger partial charge in [0, 0.05) is 54.8 Å². The van der Waals surface area contributed by atoms with Gasteiger partial charge in [-0.1, -0.05) is 153 Å². The molecule has 1 aliphatic rings. The minimum absolute atomic E-state index is 0.147. The van der Waals surface area contributed by atoms with E-state index in [1.165, 1.54) is 27.6 Å². The number of fused-ring (bicyclic) bond motifs is 11. The maximum Gasteiger partial charge on any atom is 0.143 e. The number of furan rings is 2. The number of nitrogens with zero attached hydrogens (tertiary/aromatic N) is 1. The van der Waals surface area contributed by atoms with Crippen molar-refractivity contribution in [2.75, 3.05) is 4.90 Å². The molecule has 0 saturated carbocycles. The van der Waals surface area contributed by atoms with Crippen molar-refractivity contribution in [3.05, 3.63) is 199 Å². The molecule has 0 atom stereocenters. The van der Waals surface area contributed by atoms with Gasteiger partial charge in [0.2, 0.25) is 0 Å². The lowest BCUT2D eigenvalue weighted by Gasteiger charge is -2.30. The number of benzene rings is 9. The van der Waals surface area contributed by atoms with Gasteiger partial charge in [-0.3, -0.25) is 0 Å². The van der Waals surface area contributed by atoms with E-state index in [-0.39, 0.29) is 5.41 Å². The lowest BCUT2D eigenvalue weighted by Crippen LogP contribution is -2.16. The molecule has 0 bridgehead atoms. The first-order valence-electron chi connectivity index (χ1n) is 20.0. The lowest BCUT2D eigenvalue weighted by atomic mass is 9.82. The Bertz CT molecular complexity index is 3440. The summed E-state index contributed by atoms with van der Waals surface area (Å²) in [7, 11) is 0. The third-order valence-corrected chi connectivity index (χ3v) is 12.5. The molecule has 0 fully saturated rings. The van der Waals surface area contributed by atoms with Gasteiger partial charge in [0.15, 0.2) is 0 Å². The predicted molar refractivity (Wildman–Crippen MR) is 242 cm³/mol. The molecular formula is C55H37NO2. The van der Waals surface area contributed by atoms with Crippen LogP contribution in [0.4, 0.5) is 17.1 Å². The fourth-order valence-electron chi connectivity index (χ4n) is 9.70. The second-order valence-electron chi connectivity index (χ2n) is 16.0. The normalized spacial score (nSPS) is 13.1. The Balaban J connectivity index is 1.07. The van der Waals surface area contributed by atoms with Crippen molar-refractivity contribution in [3.8, 4) is 33.4 Å². The standard InChI is InChI=1S/C55H37NO2/c1-55(2)47-21-8-5-15-40(47)41-32-30-37(33-48(41)55)56(36-28-25-35(26-29-36)38-18-12-24-51-52(38)46-17-7-10-23-50(46)57-51)49-22-9-6-16-42(49)43-19-11-20-44-45-31-27-34-13-3-4-14-39(34)53(45)58-54(43)44/h3-33H,1-2H3. The predicted octanol–water partition coefficient (Wildman–Crippen LogP) is 15.7. The van der Waals surface area contributed by atoms with Gasteiger partial charge in [0.1, 0.15) is 22.3 Å². The van der Waals surface area contributed by atoms with Gasteiger partial charge < -0.3 is 13.7 Å². The molecule has 1 aliphatic carbocycles. The van der Waals surface area contributed by atoms with Gasteiger partial charge >= 0.3 is 0 Å². The Morgan fingerprint density at radius 3 is 1.93 bits per heavy atom. The van der Waals surface area contributed by atoms with Crippen LogP contribution in [0.1, 0.15) is 25.0 Å². The highest BCUT2D eigenvalue weighted by Gasteiger charge is 2.36. The first-order chi connectivity index (χ1) is 28.5. The van der Waals surface area contributed by atoms with E-state index in [9.17, 15) is 0 Å². The molecule has 3 heteroatoms. The highest BCUT2D eigenvalue weighted by molar-refractivity contribution is 6.18. The van der Waals surface area contributed by atoms with Crippen LogP contribution in [-0.4, -0.2) is 0 Å². The van der Waals surface area contributed by atoms with Crippen molar-refractivity contribution < 1.29 is 8.83 Å². The van der Waals surface area contributed by atoms with Crippen LogP contribution in [0.15, 0.2) is 197 Å². The minimum Gasteiger partial charge on any atom is -0.456 e. The summed E-state index contributed by atoms with van der Waals surface area (Å²) in [4.78, 5) is 2.42. The maximum absolute atomic E-state index is 6.92. The van der Waals surface area contributed by atoms with Crippen LogP contribution < -0.4 is 4.90 Å². The molecule has 2 aromatic heterocycles. The van der Waals surface area contributed by atoms with E-state index < -0.39 is 0 Å². The Kier molecular flexibility index (Phi) is 6.98. The van der Waals surface area contributed by atoms with E-state index in [0.29, 0.717) is 0 Å². The van der Waals surface area contributed by atoms with E-state index in [4.69, 9.17) is 8.83 Å². The molecule has 12 rings (SSSR count). The molecule has 0 saturated heterocycles. The third kappa shape index (κ3) is 4.74. The molecule has 2 heterocycles. The third-order valence-electron chi connectivity index (χ3n) is 12.5. The molecule has 0 N–H and O–H groups in total. The molecule has 0 amide bonds. The van der Waals surface area contributed by atoms with Crippen LogP contribution in [0.5, 0.6) is 0 Å². The summed E-state index contributed by atoms with van der Waals surface area (Å²) < 4.78 is 13.2. The summed E-state index contributed by atoms with van der Waals surface area (Å²) in [5.41, 5.74) is 16.5. The fraction of sp³-hybridized carbons (Fsp3) is 0.0545. The quantitative estimate of drug-likeness (QED) is 0.176. The second-order valence-corrected chi connectivity index (χ2v) is 16.0. The summed E-state index contributed by atoms with van der Waals surface area (Å²) in [5.74, 6) is 0. The number of hydrogen-bond donors (Lipinski definition) is 0. The van der Waals surface area contributed by atoms with Gasteiger partial charge in [0.05, 0.1) is 5.69 Å². The van der Waals surface area contributed by atoms with Gasteiger partial charge in [-0.15, -0.1) is 0 Å². The van der Waals surface area contributed by atoms with Crippen molar-refractivity contribution >= 4 is 71.7 Å². The molecule has 58 heavy (non-hydrogen) atoms. The van der Waals surface area contributed by atoms with Crippen LogP contribution in [-0.2, 0) is 5.41 Å². The van der Waals surface area contributed by atoms with Crippen molar-refractivity contribution in [1.29, 1.82) is 0 Å². The first-order valence-corrected chi connectivity index (χ1v) is 20.0. The molecule has 3 nitrogen and oxygen atoms in total. The largest absolute Gasteiger partial charge is 0.456 e. The second kappa shape index (κ2) is 12.3. The van der Waals surface area contributed by atoms with Crippen LogP contribution in [0.2, 0.25) is 0 Å². The fourth-order valence-corrected chi connectivity index (χ4v) is 9.70. The first kappa shape index (κ1) is 32.8. The summed E-state index contributed by atoms with van der Waals surface area (Å²) in [6.45, 7) is 4.70. The van der Waals surface area contributed by atoms with Crippen LogP contribution in [0.3, 0.4) is 0 Å². The number of para-hydroxylation sites is 3. The van der Waals surface area contributed by atoms with E-state index in [0.717, 1.165) is 88.6 Å². The number of hydrogen-bond acceptors (Lipinski definition) is 3. The van der Waals surface area contributed by atoms with E-state index in [1.54, 1.807) is 0 Å². The molecule has 11 aromatic rings. The van der Waals surface area contributed by atoms with E-state index in [2.05, 4.69) is 195 Å². The Morgan fingerprint density at radius 1 is 0.397 bits per heavy atom. The van der Waals surface area contributed by atoms with Gasteiger partial charge in [-0.2, -0.15) is 0 Å². The Hall–Kier alpha value is -7.36.